The Balaban J connectivity index is 1.71. The molecule has 2 fully saturated rings. The number of benzene rings is 1. The van der Waals surface area contributed by atoms with Crippen LogP contribution < -0.4 is 0 Å². The standard InChI is InChI=1S/C17H20BrNO4/c18-14-10-12(9-13(11-14)16(21)22)15(20)19-5-1-17(2-6-19)3-7-23-8-4-17/h9-11H,1-8H2,(H,21,22). The van der Waals surface area contributed by atoms with Gasteiger partial charge in [0, 0.05) is 36.3 Å². The third-order valence-corrected chi connectivity index (χ3v) is 5.51. The molecule has 2 aliphatic rings. The number of carbonyl (C=O) groups excluding carboxylic acids is 1. The van der Waals surface area contributed by atoms with Crippen LogP contribution in [-0.4, -0.2) is 48.2 Å². The van der Waals surface area contributed by atoms with Crippen molar-refractivity contribution >= 4 is 27.8 Å². The van der Waals surface area contributed by atoms with Crippen molar-refractivity contribution in [2.24, 2.45) is 5.41 Å². The van der Waals surface area contributed by atoms with E-state index >= 15 is 0 Å². The van der Waals surface area contributed by atoms with Crippen LogP contribution in [0.4, 0.5) is 0 Å². The molecule has 1 aromatic carbocycles. The van der Waals surface area contributed by atoms with Crippen molar-refractivity contribution in [2.75, 3.05) is 26.3 Å². The average molecular weight is 382 g/mol. The summed E-state index contributed by atoms with van der Waals surface area (Å²) >= 11 is 3.28. The molecule has 1 spiro atoms. The van der Waals surface area contributed by atoms with E-state index < -0.39 is 5.97 Å². The predicted octanol–water partition coefficient (Wildman–Crippen LogP) is 3.18. The molecule has 23 heavy (non-hydrogen) atoms. The van der Waals surface area contributed by atoms with Crippen molar-refractivity contribution in [1.82, 2.24) is 4.90 Å². The first-order chi connectivity index (χ1) is 11.0. The number of ether oxygens (including phenoxy) is 1. The zero-order valence-corrected chi connectivity index (χ0v) is 14.5. The van der Waals surface area contributed by atoms with E-state index in [0.29, 0.717) is 15.5 Å². The van der Waals surface area contributed by atoms with Crippen molar-refractivity contribution in [2.45, 2.75) is 25.7 Å². The maximum atomic E-state index is 12.7. The Bertz CT molecular complexity index is 615. The molecular weight excluding hydrogens is 362 g/mol. The number of carboxylic acids is 1. The zero-order chi connectivity index (χ0) is 16.4. The van der Waals surface area contributed by atoms with Gasteiger partial charge < -0.3 is 14.7 Å². The van der Waals surface area contributed by atoms with Crippen LogP contribution in [0, 0.1) is 5.41 Å². The van der Waals surface area contributed by atoms with Gasteiger partial charge in [-0.15, -0.1) is 0 Å². The van der Waals surface area contributed by atoms with Crippen molar-refractivity contribution in [3.05, 3.63) is 33.8 Å². The van der Waals surface area contributed by atoms with Crippen LogP contribution in [0.1, 0.15) is 46.4 Å². The second kappa shape index (κ2) is 6.61. The molecule has 3 rings (SSSR count). The number of aromatic carboxylic acids is 1. The highest BCUT2D eigenvalue weighted by Crippen LogP contribution is 2.40. The molecule has 0 aromatic heterocycles. The molecule has 0 bridgehead atoms. The first-order valence-corrected chi connectivity index (χ1v) is 8.69. The summed E-state index contributed by atoms with van der Waals surface area (Å²) in [5.41, 5.74) is 0.888. The minimum atomic E-state index is -1.03. The van der Waals surface area contributed by atoms with Crippen LogP contribution >= 0.6 is 15.9 Å². The Morgan fingerprint density at radius 1 is 1.04 bits per heavy atom. The maximum absolute atomic E-state index is 12.7. The van der Waals surface area contributed by atoms with Gasteiger partial charge in [-0.2, -0.15) is 0 Å². The summed E-state index contributed by atoms with van der Waals surface area (Å²) in [5.74, 6) is -1.11. The molecule has 1 N–H and O–H groups in total. The Hall–Kier alpha value is -1.40. The van der Waals surface area contributed by atoms with E-state index in [0.717, 1.165) is 52.0 Å². The normalized spacial score (nSPS) is 20.5. The number of hydrogen-bond acceptors (Lipinski definition) is 3. The van der Waals surface area contributed by atoms with Gasteiger partial charge in [0.2, 0.25) is 0 Å². The molecule has 0 unspecified atom stereocenters. The Morgan fingerprint density at radius 2 is 1.65 bits per heavy atom. The quantitative estimate of drug-likeness (QED) is 0.853. The Kier molecular flexibility index (Phi) is 4.73. The minimum Gasteiger partial charge on any atom is -0.478 e. The summed E-state index contributed by atoms with van der Waals surface area (Å²) in [6.07, 6.45) is 4.16. The van der Waals surface area contributed by atoms with Crippen molar-refractivity contribution in [1.29, 1.82) is 0 Å². The molecule has 2 aliphatic heterocycles. The van der Waals surface area contributed by atoms with Crippen LogP contribution in [-0.2, 0) is 4.74 Å². The van der Waals surface area contributed by atoms with Crippen LogP contribution in [0.15, 0.2) is 22.7 Å². The largest absolute Gasteiger partial charge is 0.478 e. The molecule has 2 heterocycles. The highest BCUT2D eigenvalue weighted by Gasteiger charge is 2.37. The summed E-state index contributed by atoms with van der Waals surface area (Å²) in [6, 6.07) is 4.65. The van der Waals surface area contributed by atoms with Crippen LogP contribution in [0.2, 0.25) is 0 Å². The molecule has 1 amide bonds. The molecule has 2 saturated heterocycles. The van der Waals surface area contributed by atoms with Gasteiger partial charge in [-0.25, -0.2) is 4.79 Å². The van der Waals surface area contributed by atoms with Crippen molar-refractivity contribution in [3.63, 3.8) is 0 Å². The summed E-state index contributed by atoms with van der Waals surface area (Å²) in [7, 11) is 0. The van der Waals surface area contributed by atoms with E-state index in [1.165, 1.54) is 12.1 Å². The Morgan fingerprint density at radius 3 is 2.26 bits per heavy atom. The van der Waals surface area contributed by atoms with E-state index in [9.17, 15) is 9.59 Å². The molecule has 0 radical (unpaired) electrons. The first kappa shape index (κ1) is 16.5. The fraction of sp³-hybridized carbons (Fsp3) is 0.529. The number of halogens is 1. The van der Waals surface area contributed by atoms with E-state index in [1.807, 2.05) is 4.90 Å². The number of hydrogen-bond donors (Lipinski definition) is 1. The summed E-state index contributed by atoms with van der Waals surface area (Å²) in [6.45, 7) is 3.10. The zero-order valence-electron chi connectivity index (χ0n) is 12.9. The van der Waals surface area contributed by atoms with Crippen molar-refractivity contribution < 1.29 is 19.4 Å². The topological polar surface area (TPSA) is 66.8 Å². The summed E-state index contributed by atoms with van der Waals surface area (Å²) in [4.78, 5) is 25.7. The second-order valence-corrected chi connectivity index (χ2v) is 7.35. The molecule has 6 heteroatoms. The van der Waals surface area contributed by atoms with Gasteiger partial charge in [0.25, 0.3) is 5.91 Å². The predicted molar refractivity (Wildman–Crippen MR) is 88.7 cm³/mol. The highest BCUT2D eigenvalue weighted by molar-refractivity contribution is 9.10. The van der Waals surface area contributed by atoms with E-state index in [4.69, 9.17) is 9.84 Å². The minimum absolute atomic E-state index is 0.0873. The molecule has 124 valence electrons. The lowest BCUT2D eigenvalue weighted by molar-refractivity contribution is -0.0175. The molecule has 0 saturated carbocycles. The van der Waals surface area contributed by atoms with Crippen LogP contribution in [0.5, 0.6) is 0 Å². The number of carbonyl (C=O) groups is 2. The average Bonchev–Trinajstić information content (AvgIpc) is 2.55. The van der Waals surface area contributed by atoms with Gasteiger partial charge in [-0.1, -0.05) is 15.9 Å². The van der Waals surface area contributed by atoms with Gasteiger partial charge in [-0.3, -0.25) is 4.79 Å². The number of likely N-dealkylation sites (tertiary alicyclic amines) is 1. The van der Waals surface area contributed by atoms with E-state index in [1.54, 1.807) is 6.07 Å². The van der Waals surface area contributed by atoms with Gasteiger partial charge in [0.05, 0.1) is 5.56 Å². The number of rotatable bonds is 2. The SMILES string of the molecule is O=C(O)c1cc(Br)cc(C(=O)N2CCC3(CCOCC3)CC2)c1. The lowest BCUT2D eigenvalue weighted by Crippen LogP contribution is -2.45. The Labute approximate surface area is 143 Å². The molecule has 5 nitrogen and oxygen atoms in total. The fourth-order valence-electron chi connectivity index (χ4n) is 3.51. The number of carboxylic acid groups (broad SMARTS) is 1. The van der Waals surface area contributed by atoms with Gasteiger partial charge in [-0.05, 0) is 49.3 Å². The first-order valence-electron chi connectivity index (χ1n) is 7.90. The number of piperidine rings is 1. The fourth-order valence-corrected chi connectivity index (χ4v) is 4.00. The van der Waals surface area contributed by atoms with Crippen LogP contribution in [0.3, 0.4) is 0 Å². The third kappa shape index (κ3) is 3.58. The summed E-state index contributed by atoms with van der Waals surface area (Å²) in [5, 5.41) is 9.13. The third-order valence-electron chi connectivity index (χ3n) is 5.06. The van der Waals surface area contributed by atoms with Crippen LogP contribution in [0.25, 0.3) is 0 Å². The number of amides is 1. The molecule has 1 aromatic rings. The second-order valence-electron chi connectivity index (χ2n) is 6.44. The van der Waals surface area contributed by atoms with E-state index in [-0.39, 0.29) is 11.5 Å². The lowest BCUT2D eigenvalue weighted by atomic mass is 9.72. The monoisotopic (exact) mass is 381 g/mol. The highest BCUT2D eigenvalue weighted by atomic mass is 79.9. The molecule has 0 atom stereocenters. The van der Waals surface area contributed by atoms with Gasteiger partial charge >= 0.3 is 5.97 Å². The molecular formula is C17H20BrNO4. The van der Waals surface area contributed by atoms with Crippen molar-refractivity contribution in [3.8, 4) is 0 Å². The smallest absolute Gasteiger partial charge is 0.335 e. The molecule has 0 aliphatic carbocycles. The van der Waals surface area contributed by atoms with Gasteiger partial charge in [0.1, 0.15) is 0 Å². The van der Waals surface area contributed by atoms with Gasteiger partial charge in [0.15, 0.2) is 0 Å². The number of nitrogens with zero attached hydrogens (tertiary/aromatic N) is 1. The lowest BCUT2D eigenvalue weighted by Gasteiger charge is -2.44. The maximum Gasteiger partial charge on any atom is 0.335 e. The van der Waals surface area contributed by atoms with E-state index in [2.05, 4.69) is 15.9 Å². The summed E-state index contributed by atoms with van der Waals surface area (Å²) < 4.78 is 6.06.